The van der Waals surface area contributed by atoms with Crippen molar-refractivity contribution in [2.45, 2.75) is 62.9 Å². The zero-order chi connectivity index (χ0) is 27.9. The van der Waals surface area contributed by atoms with Crippen LogP contribution in [0.1, 0.15) is 62.2 Å². The highest BCUT2D eigenvalue weighted by atomic mass is 32.2. The molecule has 1 aromatic heterocycles. The Balaban J connectivity index is 1.74. The van der Waals surface area contributed by atoms with Crippen LogP contribution >= 0.6 is 11.8 Å². The molecule has 0 fully saturated rings. The molecule has 3 rings (SSSR count). The fourth-order valence-corrected chi connectivity index (χ4v) is 4.81. The Labute approximate surface area is 228 Å². The molecule has 2 aromatic carbocycles. The zero-order valence-corrected chi connectivity index (χ0v) is 23.4. The van der Waals surface area contributed by atoms with Crippen LogP contribution < -0.4 is 0 Å². The van der Waals surface area contributed by atoms with Gasteiger partial charge in [-0.05, 0) is 62.1 Å². The topological polar surface area (TPSA) is 100.0 Å². The smallest absolute Gasteiger partial charge is 0.410 e. The van der Waals surface area contributed by atoms with Crippen molar-refractivity contribution in [3.8, 4) is 11.1 Å². The van der Waals surface area contributed by atoms with Gasteiger partial charge in [0.05, 0.1) is 18.2 Å². The van der Waals surface area contributed by atoms with Gasteiger partial charge < -0.3 is 19.8 Å². The van der Waals surface area contributed by atoms with Crippen LogP contribution in [0.5, 0.6) is 0 Å². The van der Waals surface area contributed by atoms with E-state index in [1.165, 1.54) is 16.7 Å². The number of amides is 1. The minimum atomic E-state index is -0.932. The summed E-state index contributed by atoms with van der Waals surface area (Å²) in [6.45, 7) is 9.97. The molecule has 0 bridgehead atoms. The van der Waals surface area contributed by atoms with Crippen molar-refractivity contribution in [1.29, 1.82) is 0 Å². The van der Waals surface area contributed by atoms with Crippen molar-refractivity contribution in [3.63, 3.8) is 0 Å². The number of carboxylic acids is 1. The Hall–Kier alpha value is -3.36. The molecule has 0 spiro atoms. The lowest BCUT2D eigenvalue weighted by atomic mass is 10.0. The second-order valence-corrected chi connectivity index (χ2v) is 12.0. The van der Waals surface area contributed by atoms with E-state index in [0.717, 1.165) is 21.6 Å². The van der Waals surface area contributed by atoms with Crippen molar-refractivity contribution in [3.05, 3.63) is 83.7 Å². The highest BCUT2D eigenvalue weighted by Crippen LogP contribution is 2.32. The molecular formula is C30H36N2O5S. The first-order valence-corrected chi connectivity index (χ1v) is 13.5. The van der Waals surface area contributed by atoms with Crippen LogP contribution in [0, 0.1) is 0 Å². The minimum absolute atomic E-state index is 0.0882. The Bertz CT molecular complexity index is 1220. The zero-order valence-electron chi connectivity index (χ0n) is 22.5. The lowest BCUT2D eigenvalue weighted by Crippen LogP contribution is -2.40. The highest BCUT2D eigenvalue weighted by molar-refractivity contribution is 8.00. The summed E-state index contributed by atoms with van der Waals surface area (Å²) in [5.41, 5.74) is 3.23. The number of carboxylic acid groups (broad SMARTS) is 1. The summed E-state index contributed by atoms with van der Waals surface area (Å²) in [5, 5.41) is 20.5. The van der Waals surface area contributed by atoms with E-state index in [1.54, 1.807) is 30.6 Å². The predicted molar refractivity (Wildman–Crippen MR) is 151 cm³/mol. The summed E-state index contributed by atoms with van der Waals surface area (Å²) in [4.78, 5) is 30.8. The molecule has 3 aromatic rings. The molecule has 1 atom stereocenters. The number of aromatic carboxylic acids is 1. The number of carbonyl (C=O) groups is 2. The van der Waals surface area contributed by atoms with Crippen molar-refractivity contribution in [2.75, 3.05) is 13.1 Å². The molecule has 202 valence electrons. The quantitative estimate of drug-likeness (QED) is 0.287. The normalized spacial score (nSPS) is 12.3. The number of aliphatic hydroxyl groups is 1. The summed E-state index contributed by atoms with van der Waals surface area (Å²) in [5.74, 6) is -0.932. The summed E-state index contributed by atoms with van der Waals surface area (Å²) >= 11 is 1.53. The minimum Gasteiger partial charge on any atom is -0.478 e. The first kappa shape index (κ1) is 29.2. The van der Waals surface area contributed by atoms with Gasteiger partial charge in [0.15, 0.2) is 0 Å². The molecule has 2 N–H and O–H groups in total. The van der Waals surface area contributed by atoms with E-state index in [0.29, 0.717) is 24.1 Å². The summed E-state index contributed by atoms with van der Waals surface area (Å²) in [6, 6.07) is 16.9. The number of aromatic nitrogens is 1. The van der Waals surface area contributed by atoms with Gasteiger partial charge in [0.1, 0.15) is 5.60 Å². The van der Waals surface area contributed by atoms with Gasteiger partial charge in [0.25, 0.3) is 0 Å². The van der Waals surface area contributed by atoms with Crippen molar-refractivity contribution in [2.24, 2.45) is 0 Å². The highest BCUT2D eigenvalue weighted by Gasteiger charge is 2.24. The number of aliphatic hydroxyl groups excluding tert-OH is 1. The van der Waals surface area contributed by atoms with Gasteiger partial charge >= 0.3 is 12.1 Å². The van der Waals surface area contributed by atoms with E-state index in [-0.39, 0.29) is 11.8 Å². The second kappa shape index (κ2) is 12.9. The number of hydrogen-bond acceptors (Lipinski definition) is 6. The standard InChI is InChI=1S/C30H36N2O5S/c1-20(2)38-27-17-23(12-13-25(27)28(34)35)22-10-8-21(9-11-22)14-16-32(29(36)37-30(3,4)5)19-26(33)24-7-6-15-31-18-24/h6-13,15,17-18,20,26,33H,14,16,19H2,1-5H3,(H,34,35)/t26-/m0/s1. The van der Waals surface area contributed by atoms with Gasteiger partial charge in [0.2, 0.25) is 0 Å². The number of thioether (sulfide) groups is 1. The molecule has 38 heavy (non-hydrogen) atoms. The third-order valence-electron chi connectivity index (χ3n) is 5.65. The van der Waals surface area contributed by atoms with Crippen LogP contribution in [-0.4, -0.2) is 56.1 Å². The lowest BCUT2D eigenvalue weighted by molar-refractivity contribution is 0.0146. The molecule has 0 aliphatic heterocycles. The van der Waals surface area contributed by atoms with Crippen LogP contribution in [0.25, 0.3) is 11.1 Å². The van der Waals surface area contributed by atoms with Crippen molar-refractivity contribution >= 4 is 23.8 Å². The van der Waals surface area contributed by atoms with Crippen LogP contribution in [0.15, 0.2) is 71.9 Å². The first-order chi connectivity index (χ1) is 17.9. The number of carbonyl (C=O) groups excluding carboxylic acids is 1. The Morgan fingerprint density at radius 2 is 1.74 bits per heavy atom. The summed E-state index contributed by atoms with van der Waals surface area (Å²) in [7, 11) is 0. The summed E-state index contributed by atoms with van der Waals surface area (Å²) in [6.07, 6.45) is 2.43. The maximum atomic E-state index is 12.9. The molecule has 1 heterocycles. The molecule has 0 aliphatic rings. The molecule has 7 nitrogen and oxygen atoms in total. The number of benzene rings is 2. The van der Waals surface area contributed by atoms with Gasteiger partial charge in [-0.25, -0.2) is 9.59 Å². The summed E-state index contributed by atoms with van der Waals surface area (Å²) < 4.78 is 5.58. The van der Waals surface area contributed by atoms with Crippen LogP contribution in [0.3, 0.4) is 0 Å². The van der Waals surface area contributed by atoms with Gasteiger partial charge in [-0.15, -0.1) is 11.8 Å². The van der Waals surface area contributed by atoms with Crippen molar-refractivity contribution in [1.82, 2.24) is 9.88 Å². The molecule has 1 amide bonds. The third kappa shape index (κ3) is 8.60. The third-order valence-corrected chi connectivity index (χ3v) is 6.71. The van der Waals surface area contributed by atoms with E-state index < -0.39 is 23.8 Å². The van der Waals surface area contributed by atoms with Crippen LogP contribution in [0.4, 0.5) is 4.79 Å². The van der Waals surface area contributed by atoms with Gasteiger partial charge in [-0.3, -0.25) is 4.98 Å². The number of nitrogens with zero attached hydrogens (tertiary/aromatic N) is 2. The average molecular weight is 537 g/mol. The SMILES string of the molecule is CC(C)Sc1cc(-c2ccc(CCN(C[C@H](O)c3cccnc3)C(=O)OC(C)(C)C)cc2)ccc1C(=O)O. The Kier molecular flexibility index (Phi) is 9.94. The van der Waals surface area contributed by atoms with Gasteiger partial charge in [-0.2, -0.15) is 0 Å². The molecule has 0 saturated carbocycles. The fraction of sp³-hybridized carbons (Fsp3) is 0.367. The molecule has 0 saturated heterocycles. The fourth-order valence-electron chi connectivity index (χ4n) is 3.83. The van der Waals surface area contributed by atoms with Gasteiger partial charge in [0, 0.05) is 34.6 Å². The van der Waals surface area contributed by atoms with E-state index in [4.69, 9.17) is 4.74 Å². The van der Waals surface area contributed by atoms with E-state index in [2.05, 4.69) is 4.98 Å². The largest absolute Gasteiger partial charge is 0.478 e. The van der Waals surface area contributed by atoms with Gasteiger partial charge in [-0.1, -0.05) is 50.2 Å². The van der Waals surface area contributed by atoms with E-state index in [9.17, 15) is 19.8 Å². The molecule has 8 heteroatoms. The predicted octanol–water partition coefficient (Wildman–Crippen LogP) is 6.46. The number of hydrogen-bond donors (Lipinski definition) is 2. The van der Waals surface area contributed by atoms with E-state index in [1.807, 2.05) is 71.0 Å². The molecule has 0 aliphatic carbocycles. The first-order valence-electron chi connectivity index (χ1n) is 12.6. The number of ether oxygens (including phenoxy) is 1. The monoisotopic (exact) mass is 536 g/mol. The molecule has 0 radical (unpaired) electrons. The molecular weight excluding hydrogens is 500 g/mol. The number of rotatable bonds is 10. The Morgan fingerprint density at radius 3 is 2.32 bits per heavy atom. The van der Waals surface area contributed by atoms with E-state index >= 15 is 0 Å². The maximum Gasteiger partial charge on any atom is 0.410 e. The van der Waals surface area contributed by atoms with Crippen molar-refractivity contribution < 1.29 is 24.5 Å². The Morgan fingerprint density at radius 1 is 1.05 bits per heavy atom. The van der Waals surface area contributed by atoms with Crippen LogP contribution in [0.2, 0.25) is 0 Å². The maximum absolute atomic E-state index is 12.9. The second-order valence-electron chi connectivity index (χ2n) is 10.4. The molecule has 0 unspecified atom stereocenters. The lowest BCUT2D eigenvalue weighted by Gasteiger charge is -2.29. The van der Waals surface area contributed by atoms with Crippen LogP contribution in [-0.2, 0) is 11.2 Å². The average Bonchev–Trinajstić information content (AvgIpc) is 2.85. The number of pyridine rings is 1.